The van der Waals surface area contributed by atoms with Crippen LogP contribution < -0.4 is 10.2 Å². The number of aromatic nitrogens is 1. The molecule has 3 nitrogen and oxygen atoms in total. The zero-order valence-electron chi connectivity index (χ0n) is 11.8. The quantitative estimate of drug-likeness (QED) is 0.835. The number of hydrogen-bond acceptors (Lipinski definition) is 3. The predicted molar refractivity (Wildman–Crippen MR) is 82.2 cm³/mol. The third-order valence-electron chi connectivity index (χ3n) is 4.47. The fraction of sp³-hybridized carbons (Fsp3) is 0.688. The van der Waals surface area contributed by atoms with Crippen LogP contribution in [0.15, 0.2) is 12.1 Å². The van der Waals surface area contributed by atoms with Gasteiger partial charge in [0.1, 0.15) is 5.82 Å². The number of nitrogens with zero attached hydrogens (tertiary/aromatic N) is 2. The van der Waals surface area contributed by atoms with E-state index in [-0.39, 0.29) is 0 Å². The monoisotopic (exact) mass is 291 g/mol. The maximum atomic E-state index is 6.30. The summed E-state index contributed by atoms with van der Waals surface area (Å²) < 4.78 is 0. The molecule has 3 aliphatic carbocycles. The van der Waals surface area contributed by atoms with Gasteiger partial charge in [-0.3, -0.25) is 0 Å². The summed E-state index contributed by atoms with van der Waals surface area (Å²) in [6.45, 7) is 1.99. The average molecular weight is 292 g/mol. The molecule has 4 heteroatoms. The van der Waals surface area contributed by atoms with E-state index in [9.17, 15) is 0 Å². The van der Waals surface area contributed by atoms with E-state index in [1.165, 1.54) is 45.1 Å². The average Bonchev–Trinajstić information content (AvgIpc) is 3.26. The largest absolute Gasteiger partial charge is 0.353 e. The van der Waals surface area contributed by atoms with Crippen molar-refractivity contribution >= 4 is 17.4 Å². The second kappa shape index (κ2) is 5.19. The summed E-state index contributed by atoms with van der Waals surface area (Å²) in [6, 6.07) is 5.55. The Balaban J connectivity index is 1.50. The summed E-state index contributed by atoms with van der Waals surface area (Å²) in [4.78, 5) is 7.37. The number of hydrogen-bond donors (Lipinski definition) is 1. The topological polar surface area (TPSA) is 28.2 Å². The van der Waals surface area contributed by atoms with Crippen LogP contribution in [0.4, 0.5) is 5.82 Å². The van der Waals surface area contributed by atoms with E-state index in [0.717, 1.165) is 35.0 Å². The number of halogens is 1. The highest BCUT2D eigenvalue weighted by Gasteiger charge is 2.34. The van der Waals surface area contributed by atoms with E-state index in [2.05, 4.69) is 16.3 Å². The molecule has 3 saturated carbocycles. The van der Waals surface area contributed by atoms with E-state index in [4.69, 9.17) is 16.6 Å². The van der Waals surface area contributed by atoms with Crippen molar-refractivity contribution in [1.29, 1.82) is 0 Å². The SMILES string of the molecule is Clc1ccc(N(CC2CC2)C2CC2)nc1CNC1CC1. The Bertz CT molecular complexity index is 492. The fourth-order valence-electron chi connectivity index (χ4n) is 2.68. The van der Waals surface area contributed by atoms with E-state index < -0.39 is 0 Å². The van der Waals surface area contributed by atoms with E-state index in [1.54, 1.807) is 0 Å². The molecular formula is C16H22ClN3. The Hall–Kier alpha value is -0.800. The lowest BCUT2D eigenvalue weighted by Gasteiger charge is -2.24. The van der Waals surface area contributed by atoms with Crippen molar-refractivity contribution in [3.05, 3.63) is 22.8 Å². The van der Waals surface area contributed by atoms with Crippen LogP contribution in [0.5, 0.6) is 0 Å². The van der Waals surface area contributed by atoms with Crippen LogP contribution in [0, 0.1) is 5.92 Å². The highest BCUT2D eigenvalue weighted by molar-refractivity contribution is 6.31. The molecule has 4 rings (SSSR count). The summed E-state index contributed by atoms with van der Waals surface area (Å²) in [5, 5.41) is 4.31. The molecule has 20 heavy (non-hydrogen) atoms. The number of rotatable bonds is 7. The van der Waals surface area contributed by atoms with Crippen LogP contribution >= 0.6 is 11.6 Å². The molecule has 0 spiro atoms. The molecule has 1 aromatic heterocycles. The smallest absolute Gasteiger partial charge is 0.129 e. The van der Waals surface area contributed by atoms with E-state index >= 15 is 0 Å². The molecule has 1 heterocycles. The molecule has 0 saturated heterocycles. The standard InChI is InChI=1S/C16H22ClN3/c17-14-7-8-16(19-15(14)9-18-12-3-4-12)20(13-5-6-13)10-11-1-2-11/h7-8,11-13,18H,1-6,9-10H2. The zero-order valence-corrected chi connectivity index (χ0v) is 12.6. The molecule has 0 amide bonds. The second-order valence-corrected chi connectivity index (χ2v) is 6.99. The van der Waals surface area contributed by atoms with Gasteiger partial charge >= 0.3 is 0 Å². The van der Waals surface area contributed by atoms with Gasteiger partial charge in [-0.15, -0.1) is 0 Å². The van der Waals surface area contributed by atoms with Gasteiger partial charge in [-0.05, 0) is 56.6 Å². The Morgan fingerprint density at radius 2 is 1.95 bits per heavy atom. The van der Waals surface area contributed by atoms with Gasteiger partial charge < -0.3 is 10.2 Å². The molecule has 3 fully saturated rings. The lowest BCUT2D eigenvalue weighted by molar-refractivity contribution is 0.666. The lowest BCUT2D eigenvalue weighted by atomic mass is 10.3. The number of nitrogens with one attached hydrogen (secondary N) is 1. The fourth-order valence-corrected chi connectivity index (χ4v) is 2.85. The van der Waals surface area contributed by atoms with Crippen molar-refractivity contribution < 1.29 is 0 Å². The van der Waals surface area contributed by atoms with Crippen molar-refractivity contribution in [3.8, 4) is 0 Å². The minimum Gasteiger partial charge on any atom is -0.353 e. The maximum absolute atomic E-state index is 6.30. The molecular weight excluding hydrogens is 270 g/mol. The first-order valence-corrected chi connectivity index (χ1v) is 8.33. The Labute approximate surface area is 125 Å². The van der Waals surface area contributed by atoms with Crippen LogP contribution in [0.25, 0.3) is 0 Å². The van der Waals surface area contributed by atoms with Gasteiger partial charge in [-0.25, -0.2) is 4.98 Å². The van der Waals surface area contributed by atoms with Crippen LogP contribution in [-0.2, 0) is 6.54 Å². The molecule has 0 aliphatic heterocycles. The minimum absolute atomic E-state index is 0.697. The summed E-state index contributed by atoms with van der Waals surface area (Å²) in [5.41, 5.74) is 1.01. The van der Waals surface area contributed by atoms with E-state index in [0.29, 0.717) is 6.04 Å². The molecule has 0 bridgehead atoms. The van der Waals surface area contributed by atoms with Gasteiger partial charge in [0.2, 0.25) is 0 Å². The van der Waals surface area contributed by atoms with Crippen molar-refractivity contribution in [1.82, 2.24) is 10.3 Å². The summed E-state index contributed by atoms with van der Waals surface area (Å²) >= 11 is 6.30. The van der Waals surface area contributed by atoms with Crippen LogP contribution in [0.1, 0.15) is 44.2 Å². The second-order valence-electron chi connectivity index (χ2n) is 6.58. The molecule has 3 aliphatic rings. The normalized spacial score (nSPS) is 22.1. The van der Waals surface area contributed by atoms with Gasteiger partial charge in [-0.1, -0.05) is 11.6 Å². The molecule has 0 radical (unpaired) electrons. The highest BCUT2D eigenvalue weighted by Crippen LogP contribution is 2.37. The first-order valence-electron chi connectivity index (χ1n) is 7.95. The first-order chi connectivity index (χ1) is 9.79. The number of anilines is 1. The number of pyridine rings is 1. The van der Waals surface area contributed by atoms with Crippen LogP contribution in [0.2, 0.25) is 5.02 Å². The van der Waals surface area contributed by atoms with E-state index in [1.807, 2.05) is 6.07 Å². The molecule has 0 atom stereocenters. The van der Waals surface area contributed by atoms with Crippen LogP contribution in [0.3, 0.4) is 0 Å². The van der Waals surface area contributed by atoms with Gasteiger partial charge in [-0.2, -0.15) is 0 Å². The third-order valence-corrected chi connectivity index (χ3v) is 4.82. The Morgan fingerprint density at radius 1 is 1.15 bits per heavy atom. The zero-order chi connectivity index (χ0) is 13.5. The summed E-state index contributed by atoms with van der Waals surface area (Å²) in [6.07, 6.45) is 8.04. The lowest BCUT2D eigenvalue weighted by Crippen LogP contribution is -2.29. The minimum atomic E-state index is 0.697. The van der Waals surface area contributed by atoms with Crippen molar-refractivity contribution in [2.75, 3.05) is 11.4 Å². The molecule has 1 aromatic rings. The Kier molecular flexibility index (Phi) is 3.35. The molecule has 108 valence electrons. The highest BCUT2D eigenvalue weighted by atomic mass is 35.5. The first kappa shape index (κ1) is 12.9. The summed E-state index contributed by atoms with van der Waals surface area (Å²) in [7, 11) is 0. The van der Waals surface area contributed by atoms with Crippen molar-refractivity contribution in [3.63, 3.8) is 0 Å². The van der Waals surface area contributed by atoms with Gasteiger partial charge in [0.05, 0.1) is 10.7 Å². The van der Waals surface area contributed by atoms with Gasteiger partial charge in [0.25, 0.3) is 0 Å². The van der Waals surface area contributed by atoms with Crippen molar-refractivity contribution in [2.45, 2.75) is 57.2 Å². The van der Waals surface area contributed by atoms with Gasteiger partial charge in [0, 0.05) is 25.2 Å². The van der Waals surface area contributed by atoms with Crippen molar-refractivity contribution in [2.24, 2.45) is 5.92 Å². The molecule has 1 N–H and O–H groups in total. The van der Waals surface area contributed by atoms with Gasteiger partial charge in [0.15, 0.2) is 0 Å². The maximum Gasteiger partial charge on any atom is 0.129 e. The summed E-state index contributed by atoms with van der Waals surface area (Å²) in [5.74, 6) is 2.04. The van der Waals surface area contributed by atoms with Crippen LogP contribution in [-0.4, -0.2) is 23.6 Å². The Morgan fingerprint density at radius 3 is 2.60 bits per heavy atom. The molecule has 0 aromatic carbocycles. The molecule has 0 unspecified atom stereocenters. The third kappa shape index (κ3) is 3.09. The predicted octanol–water partition coefficient (Wildman–Crippen LogP) is 3.37.